The molecule has 6 heteroatoms. The van der Waals surface area contributed by atoms with Crippen LogP contribution < -0.4 is 0 Å². The molecule has 1 N–H and O–H groups in total. The Morgan fingerprint density at radius 2 is 1.84 bits per heavy atom. The number of hydrogen-bond donors (Lipinski definition) is 1. The zero-order valence-corrected chi connectivity index (χ0v) is 19.4. The quantitative estimate of drug-likeness (QED) is 0.771. The molecule has 2 heterocycles. The number of aromatic nitrogens is 4. The fourth-order valence-corrected chi connectivity index (χ4v) is 8.74. The van der Waals surface area contributed by atoms with Gasteiger partial charge < -0.3 is 5.11 Å². The molecule has 4 saturated carbocycles. The summed E-state index contributed by atoms with van der Waals surface area (Å²) in [5.41, 5.74) is 1.22. The van der Waals surface area contributed by atoms with E-state index < -0.39 is 5.60 Å². The van der Waals surface area contributed by atoms with Crippen molar-refractivity contribution in [2.75, 3.05) is 0 Å². The van der Waals surface area contributed by atoms with Gasteiger partial charge in [-0.3, -0.25) is 9.78 Å². The zero-order chi connectivity index (χ0) is 22.1. The number of nitrogens with zero attached hydrogens (tertiary/aromatic N) is 4. The van der Waals surface area contributed by atoms with Crippen molar-refractivity contribution < 1.29 is 9.90 Å². The molecule has 32 heavy (non-hydrogen) atoms. The number of carbonyl (C=O) groups is 1. The molecule has 6 rings (SSSR count). The summed E-state index contributed by atoms with van der Waals surface area (Å²) in [6.45, 7) is 4.72. The largest absolute Gasteiger partial charge is 0.390 e. The number of fused-ring (bicyclic) bond motifs is 6. The topological polar surface area (TPSA) is 80.9 Å². The molecule has 0 unspecified atom stereocenters. The summed E-state index contributed by atoms with van der Waals surface area (Å²) in [5, 5.41) is 19.6. The van der Waals surface area contributed by atoms with Gasteiger partial charge in [0.25, 0.3) is 0 Å². The lowest BCUT2D eigenvalue weighted by Crippen LogP contribution is -2.51. The lowest BCUT2D eigenvalue weighted by atomic mass is 9.49. The van der Waals surface area contributed by atoms with E-state index in [1.165, 1.54) is 38.5 Å². The number of hydrogen-bond acceptors (Lipinski definition) is 5. The minimum absolute atomic E-state index is 0.124. The number of Topliss-reactive ketones (excluding diaryl/α,β-unsaturated/α-hetero) is 1. The Hall–Kier alpha value is -1.82. The molecular formula is C26H36N4O2. The first-order valence-corrected chi connectivity index (χ1v) is 12.7. The minimum Gasteiger partial charge on any atom is -0.390 e. The molecule has 2 aromatic heterocycles. The molecule has 0 spiro atoms. The maximum atomic E-state index is 13.5. The minimum atomic E-state index is -0.455. The third-order valence-electron chi connectivity index (χ3n) is 10.1. The van der Waals surface area contributed by atoms with Gasteiger partial charge in [0.05, 0.1) is 11.8 Å². The third kappa shape index (κ3) is 3.24. The Morgan fingerprint density at radius 3 is 2.69 bits per heavy atom. The van der Waals surface area contributed by atoms with Gasteiger partial charge in [-0.25, -0.2) is 0 Å². The van der Waals surface area contributed by atoms with Crippen LogP contribution in [0.2, 0.25) is 0 Å². The fourth-order valence-electron chi connectivity index (χ4n) is 8.74. The monoisotopic (exact) mass is 436 g/mol. The van der Waals surface area contributed by atoms with Crippen LogP contribution in [-0.2, 0) is 11.3 Å². The predicted molar refractivity (Wildman–Crippen MR) is 122 cm³/mol. The van der Waals surface area contributed by atoms with Crippen LogP contribution in [0.3, 0.4) is 0 Å². The molecule has 0 radical (unpaired) electrons. The normalized spacial score (nSPS) is 43.5. The van der Waals surface area contributed by atoms with Crippen molar-refractivity contribution in [3.8, 4) is 0 Å². The predicted octanol–water partition coefficient (Wildman–Crippen LogP) is 4.42. The molecule has 0 aromatic carbocycles. The van der Waals surface area contributed by atoms with Gasteiger partial charge in [0.2, 0.25) is 0 Å². The Morgan fingerprint density at radius 1 is 1.03 bits per heavy atom. The van der Waals surface area contributed by atoms with Crippen molar-refractivity contribution >= 4 is 16.8 Å². The molecule has 0 aliphatic heterocycles. The van der Waals surface area contributed by atoms with E-state index in [1.54, 1.807) is 17.2 Å². The van der Waals surface area contributed by atoms with E-state index in [0.29, 0.717) is 17.6 Å². The number of pyridine rings is 1. The van der Waals surface area contributed by atoms with Crippen LogP contribution in [0.1, 0.15) is 71.6 Å². The molecule has 0 bridgehead atoms. The molecule has 0 saturated heterocycles. The number of carbonyl (C=O) groups excluding carboxylic acids is 1. The standard InChI is InChI=1S/C26H36N4O2/c1-25(32)10-7-17-16(13-25)3-4-19-18(17)8-11-26(2)20(19)5-6-21(26)24(31)15-30-28-22-9-12-27-14-23(22)29-30/h9,12,14,16-21,32H,3-8,10-11,13,15H2,1-2H3/t16-,17-,18+,19+,20-,21+,25+,26-/m0/s1. The smallest absolute Gasteiger partial charge is 0.159 e. The Kier molecular flexibility index (Phi) is 4.76. The van der Waals surface area contributed by atoms with E-state index in [1.807, 2.05) is 13.0 Å². The molecule has 4 fully saturated rings. The molecule has 6 nitrogen and oxygen atoms in total. The van der Waals surface area contributed by atoms with Crippen molar-refractivity contribution in [1.82, 2.24) is 20.0 Å². The lowest BCUT2D eigenvalue weighted by molar-refractivity contribution is -0.133. The zero-order valence-electron chi connectivity index (χ0n) is 19.4. The first kappa shape index (κ1) is 20.8. The Labute approximate surface area is 190 Å². The van der Waals surface area contributed by atoms with Gasteiger partial charge in [0.15, 0.2) is 5.78 Å². The van der Waals surface area contributed by atoms with Crippen molar-refractivity contribution in [2.24, 2.45) is 40.9 Å². The average molecular weight is 437 g/mol. The molecule has 4 aliphatic carbocycles. The fraction of sp³-hybridized carbons (Fsp3) is 0.769. The van der Waals surface area contributed by atoms with Crippen molar-refractivity contribution in [1.29, 1.82) is 0 Å². The van der Waals surface area contributed by atoms with E-state index in [4.69, 9.17) is 0 Å². The van der Waals surface area contributed by atoms with Crippen LogP contribution in [0, 0.1) is 40.9 Å². The van der Waals surface area contributed by atoms with Gasteiger partial charge in [-0.05, 0) is 106 Å². The molecule has 172 valence electrons. The van der Waals surface area contributed by atoms with E-state index in [2.05, 4.69) is 22.1 Å². The second kappa shape index (κ2) is 7.34. The first-order chi connectivity index (χ1) is 15.3. The summed E-state index contributed by atoms with van der Waals surface area (Å²) in [6.07, 6.45) is 13.8. The van der Waals surface area contributed by atoms with Crippen LogP contribution in [0.25, 0.3) is 11.0 Å². The first-order valence-electron chi connectivity index (χ1n) is 12.7. The highest BCUT2D eigenvalue weighted by atomic mass is 16.3. The second-order valence-corrected chi connectivity index (χ2v) is 11.9. The maximum Gasteiger partial charge on any atom is 0.159 e. The molecule has 4 aliphatic rings. The maximum absolute atomic E-state index is 13.5. The summed E-state index contributed by atoms with van der Waals surface area (Å²) in [6, 6.07) is 1.85. The van der Waals surface area contributed by atoms with Gasteiger partial charge in [0, 0.05) is 12.1 Å². The van der Waals surface area contributed by atoms with Crippen LogP contribution in [0.4, 0.5) is 0 Å². The second-order valence-electron chi connectivity index (χ2n) is 11.9. The Balaban J connectivity index is 1.18. The van der Waals surface area contributed by atoms with Gasteiger partial charge >= 0.3 is 0 Å². The van der Waals surface area contributed by atoms with E-state index >= 15 is 0 Å². The number of rotatable bonds is 3. The van der Waals surface area contributed by atoms with Gasteiger partial charge in [-0.2, -0.15) is 15.0 Å². The average Bonchev–Trinajstić information content (AvgIpc) is 3.32. The van der Waals surface area contributed by atoms with Crippen molar-refractivity contribution in [3.63, 3.8) is 0 Å². The lowest BCUT2D eigenvalue weighted by Gasteiger charge is -2.56. The van der Waals surface area contributed by atoms with E-state index in [0.717, 1.165) is 48.0 Å². The number of aliphatic hydroxyl groups is 1. The SMILES string of the molecule is C[C@@]1(O)CC[C@H]2[C@@H](CC[C@@H]3[C@@H]2CC[C@]2(C)[C@@H](C(=O)Cn4nc5ccncc5n4)CC[C@@H]32)C1. The van der Waals surface area contributed by atoms with Crippen molar-refractivity contribution in [3.05, 3.63) is 18.5 Å². The Bertz CT molecular complexity index is 999. The van der Waals surface area contributed by atoms with Gasteiger partial charge in [-0.15, -0.1) is 0 Å². The highest BCUT2D eigenvalue weighted by Gasteiger charge is 2.58. The molecule has 0 amide bonds. The summed E-state index contributed by atoms with van der Waals surface area (Å²) in [4.78, 5) is 19.2. The van der Waals surface area contributed by atoms with Crippen LogP contribution >= 0.6 is 0 Å². The highest BCUT2D eigenvalue weighted by Crippen LogP contribution is 2.64. The van der Waals surface area contributed by atoms with E-state index in [9.17, 15) is 9.90 Å². The van der Waals surface area contributed by atoms with E-state index in [-0.39, 0.29) is 17.9 Å². The molecular weight excluding hydrogens is 400 g/mol. The van der Waals surface area contributed by atoms with Crippen LogP contribution in [0.15, 0.2) is 18.5 Å². The van der Waals surface area contributed by atoms with Gasteiger partial charge in [0.1, 0.15) is 17.6 Å². The summed E-state index contributed by atoms with van der Waals surface area (Å²) in [7, 11) is 0. The summed E-state index contributed by atoms with van der Waals surface area (Å²) >= 11 is 0. The molecule has 2 aromatic rings. The van der Waals surface area contributed by atoms with Gasteiger partial charge in [-0.1, -0.05) is 6.92 Å². The number of ketones is 1. The third-order valence-corrected chi connectivity index (χ3v) is 10.1. The summed E-state index contributed by atoms with van der Waals surface area (Å²) in [5.74, 6) is 4.19. The summed E-state index contributed by atoms with van der Waals surface area (Å²) < 4.78 is 0. The van der Waals surface area contributed by atoms with Crippen molar-refractivity contribution in [2.45, 2.75) is 83.8 Å². The van der Waals surface area contributed by atoms with Crippen LogP contribution in [-0.4, -0.2) is 36.5 Å². The van der Waals surface area contributed by atoms with Crippen LogP contribution in [0.5, 0.6) is 0 Å². The highest BCUT2D eigenvalue weighted by molar-refractivity contribution is 5.82. The molecule has 8 atom stereocenters.